The van der Waals surface area contributed by atoms with Gasteiger partial charge in [-0.1, -0.05) is 25.0 Å². The SMILES string of the molecule is CCOC(Cc1ccc(OCCN(CC2CCCC2)C(=O)Nc2ccc([N+](=O)[O-])cc2)cc1)C(=O)O. The van der Waals surface area contributed by atoms with Gasteiger partial charge in [0.15, 0.2) is 6.10 Å². The zero-order chi connectivity index (χ0) is 25.9. The maximum atomic E-state index is 13.0. The Morgan fingerprint density at radius 1 is 1.14 bits per heavy atom. The number of carboxylic acids is 1. The van der Waals surface area contributed by atoms with E-state index >= 15 is 0 Å². The maximum Gasteiger partial charge on any atom is 0.333 e. The second-order valence-electron chi connectivity index (χ2n) is 8.81. The number of rotatable bonds is 13. The van der Waals surface area contributed by atoms with Gasteiger partial charge in [0.25, 0.3) is 5.69 Å². The molecule has 1 fully saturated rings. The first-order chi connectivity index (χ1) is 17.4. The van der Waals surface area contributed by atoms with E-state index in [0.29, 0.717) is 37.1 Å². The number of aliphatic carboxylic acids is 1. The molecule has 0 aromatic heterocycles. The van der Waals surface area contributed by atoms with Gasteiger partial charge >= 0.3 is 12.0 Å². The van der Waals surface area contributed by atoms with Crippen LogP contribution < -0.4 is 10.1 Å². The first-order valence-electron chi connectivity index (χ1n) is 12.2. The van der Waals surface area contributed by atoms with Crippen LogP contribution in [0.25, 0.3) is 0 Å². The molecular formula is C26H33N3O7. The Kier molecular flexibility index (Phi) is 10.1. The highest BCUT2D eigenvalue weighted by molar-refractivity contribution is 5.89. The Hall–Kier alpha value is -3.66. The van der Waals surface area contributed by atoms with Gasteiger partial charge in [-0.25, -0.2) is 9.59 Å². The Morgan fingerprint density at radius 2 is 1.81 bits per heavy atom. The fraction of sp³-hybridized carbons (Fsp3) is 0.462. The number of amides is 2. The van der Waals surface area contributed by atoms with E-state index in [1.165, 1.54) is 24.3 Å². The number of carbonyl (C=O) groups excluding carboxylic acids is 1. The lowest BCUT2D eigenvalue weighted by Gasteiger charge is -2.26. The third-order valence-electron chi connectivity index (χ3n) is 6.19. The zero-order valence-electron chi connectivity index (χ0n) is 20.4. The Labute approximate surface area is 210 Å². The second kappa shape index (κ2) is 13.4. The molecule has 1 saturated carbocycles. The largest absolute Gasteiger partial charge is 0.492 e. The molecule has 0 radical (unpaired) electrons. The van der Waals surface area contributed by atoms with E-state index < -0.39 is 17.0 Å². The van der Waals surface area contributed by atoms with Crippen molar-refractivity contribution >= 4 is 23.4 Å². The third-order valence-corrected chi connectivity index (χ3v) is 6.19. The summed E-state index contributed by atoms with van der Waals surface area (Å²) in [6.45, 7) is 3.37. The van der Waals surface area contributed by atoms with Gasteiger partial charge in [-0.15, -0.1) is 0 Å². The highest BCUT2D eigenvalue weighted by Gasteiger charge is 2.22. The number of hydrogen-bond acceptors (Lipinski definition) is 6. The van der Waals surface area contributed by atoms with Gasteiger partial charge in [-0.3, -0.25) is 10.1 Å². The van der Waals surface area contributed by atoms with Gasteiger partial charge in [-0.05, 0) is 55.5 Å². The summed E-state index contributed by atoms with van der Waals surface area (Å²) < 4.78 is 11.1. The number of benzene rings is 2. The Balaban J connectivity index is 1.55. The smallest absolute Gasteiger partial charge is 0.333 e. The summed E-state index contributed by atoms with van der Waals surface area (Å²) >= 11 is 0. The number of ether oxygens (including phenoxy) is 2. The molecule has 1 aliphatic rings. The number of nitrogens with one attached hydrogen (secondary N) is 1. The number of carbonyl (C=O) groups is 2. The van der Waals surface area contributed by atoms with Crippen molar-refractivity contribution in [2.45, 2.75) is 45.1 Å². The molecule has 0 spiro atoms. The Bertz CT molecular complexity index is 1010. The number of hydrogen-bond donors (Lipinski definition) is 2. The van der Waals surface area contributed by atoms with Crippen molar-refractivity contribution in [3.05, 3.63) is 64.2 Å². The zero-order valence-corrected chi connectivity index (χ0v) is 20.4. The van der Waals surface area contributed by atoms with E-state index in [-0.39, 0.29) is 24.7 Å². The number of nitro benzene ring substituents is 1. The molecule has 0 aliphatic heterocycles. The molecular weight excluding hydrogens is 466 g/mol. The second-order valence-corrected chi connectivity index (χ2v) is 8.81. The molecule has 0 bridgehead atoms. The lowest BCUT2D eigenvalue weighted by atomic mass is 10.1. The van der Waals surface area contributed by atoms with Crippen molar-refractivity contribution in [1.29, 1.82) is 0 Å². The van der Waals surface area contributed by atoms with E-state index in [1.54, 1.807) is 24.0 Å². The van der Waals surface area contributed by atoms with Gasteiger partial charge < -0.3 is 24.8 Å². The van der Waals surface area contributed by atoms with E-state index in [1.807, 2.05) is 12.1 Å². The van der Waals surface area contributed by atoms with Crippen LogP contribution >= 0.6 is 0 Å². The fourth-order valence-electron chi connectivity index (χ4n) is 4.28. The lowest BCUT2D eigenvalue weighted by Crippen LogP contribution is -2.40. The number of nitro groups is 1. The molecule has 36 heavy (non-hydrogen) atoms. The summed E-state index contributed by atoms with van der Waals surface area (Å²) in [6.07, 6.45) is 3.88. The van der Waals surface area contributed by atoms with Crippen LogP contribution in [-0.2, 0) is 16.0 Å². The molecule has 10 nitrogen and oxygen atoms in total. The van der Waals surface area contributed by atoms with Crippen molar-refractivity contribution < 1.29 is 29.1 Å². The minimum Gasteiger partial charge on any atom is -0.492 e. The number of anilines is 1. The average molecular weight is 500 g/mol. The van der Waals surface area contributed by atoms with Gasteiger partial charge in [0, 0.05) is 37.4 Å². The molecule has 194 valence electrons. The van der Waals surface area contributed by atoms with Crippen LogP contribution in [0.1, 0.15) is 38.2 Å². The molecule has 0 saturated heterocycles. The first-order valence-corrected chi connectivity index (χ1v) is 12.2. The lowest BCUT2D eigenvalue weighted by molar-refractivity contribution is -0.384. The van der Waals surface area contributed by atoms with E-state index in [2.05, 4.69) is 5.32 Å². The fourth-order valence-corrected chi connectivity index (χ4v) is 4.28. The molecule has 2 aromatic carbocycles. The number of nitrogens with zero attached hydrogens (tertiary/aromatic N) is 2. The van der Waals surface area contributed by atoms with Crippen LogP contribution in [-0.4, -0.2) is 59.3 Å². The number of urea groups is 1. The highest BCUT2D eigenvalue weighted by Crippen LogP contribution is 2.26. The summed E-state index contributed by atoms with van der Waals surface area (Å²) in [5.41, 5.74) is 1.28. The predicted octanol–water partition coefficient (Wildman–Crippen LogP) is 4.73. The van der Waals surface area contributed by atoms with E-state index in [9.17, 15) is 24.8 Å². The monoisotopic (exact) mass is 499 g/mol. The van der Waals surface area contributed by atoms with Crippen LogP contribution in [0, 0.1) is 16.0 Å². The molecule has 2 amide bonds. The van der Waals surface area contributed by atoms with Crippen molar-refractivity contribution in [2.24, 2.45) is 5.92 Å². The third kappa shape index (κ3) is 8.23. The van der Waals surface area contributed by atoms with Gasteiger partial charge in [-0.2, -0.15) is 0 Å². The Morgan fingerprint density at radius 3 is 2.39 bits per heavy atom. The standard InChI is InChI=1S/C26H33N3O7/c1-2-35-24(25(30)31)17-19-7-13-23(14-8-19)36-16-15-28(18-20-5-3-4-6-20)26(32)27-21-9-11-22(12-10-21)29(33)34/h7-14,20,24H,2-6,15-18H2,1H3,(H,27,32)(H,30,31). The average Bonchev–Trinajstić information content (AvgIpc) is 3.37. The van der Waals surface area contributed by atoms with Crippen LogP contribution in [0.15, 0.2) is 48.5 Å². The molecule has 1 unspecified atom stereocenters. The normalized spacial score (nSPS) is 14.2. The predicted molar refractivity (Wildman–Crippen MR) is 134 cm³/mol. The summed E-state index contributed by atoms with van der Waals surface area (Å²) in [6, 6.07) is 12.6. The molecule has 0 heterocycles. The van der Waals surface area contributed by atoms with Crippen molar-refractivity contribution in [1.82, 2.24) is 4.90 Å². The van der Waals surface area contributed by atoms with Crippen LogP contribution in [0.5, 0.6) is 5.75 Å². The maximum absolute atomic E-state index is 13.0. The van der Waals surface area contributed by atoms with E-state index in [4.69, 9.17) is 9.47 Å². The molecule has 2 N–H and O–H groups in total. The van der Waals surface area contributed by atoms with Gasteiger partial charge in [0.2, 0.25) is 0 Å². The van der Waals surface area contributed by atoms with Crippen molar-refractivity contribution in [3.63, 3.8) is 0 Å². The minimum absolute atomic E-state index is 0.0356. The van der Waals surface area contributed by atoms with Crippen molar-refractivity contribution in [2.75, 3.05) is 31.6 Å². The quantitative estimate of drug-likeness (QED) is 0.301. The molecule has 10 heteroatoms. The van der Waals surface area contributed by atoms with Gasteiger partial charge in [0.05, 0.1) is 11.5 Å². The number of non-ortho nitro benzene ring substituents is 1. The topological polar surface area (TPSA) is 131 Å². The van der Waals surface area contributed by atoms with Crippen LogP contribution in [0.4, 0.5) is 16.2 Å². The molecule has 3 rings (SSSR count). The summed E-state index contributed by atoms with van der Waals surface area (Å²) in [5.74, 6) is 0.0737. The first kappa shape index (κ1) is 26.9. The van der Waals surface area contributed by atoms with E-state index in [0.717, 1.165) is 31.2 Å². The number of carboxylic acid groups (broad SMARTS) is 1. The van der Waals surface area contributed by atoms with Gasteiger partial charge in [0.1, 0.15) is 12.4 Å². The summed E-state index contributed by atoms with van der Waals surface area (Å²) in [4.78, 5) is 36.4. The molecule has 2 aromatic rings. The highest BCUT2D eigenvalue weighted by atomic mass is 16.6. The summed E-state index contributed by atoms with van der Waals surface area (Å²) in [5, 5.41) is 22.9. The van der Waals surface area contributed by atoms with Crippen LogP contribution in [0.3, 0.4) is 0 Å². The molecule has 1 aliphatic carbocycles. The summed E-state index contributed by atoms with van der Waals surface area (Å²) in [7, 11) is 0. The minimum atomic E-state index is -0.994. The molecule has 1 atom stereocenters. The van der Waals surface area contributed by atoms with Crippen LogP contribution in [0.2, 0.25) is 0 Å². The van der Waals surface area contributed by atoms with Crippen molar-refractivity contribution in [3.8, 4) is 5.75 Å².